The molecule has 0 aliphatic carbocycles. The van der Waals surface area contributed by atoms with Gasteiger partial charge in [0, 0.05) is 51.1 Å². The van der Waals surface area contributed by atoms with Crippen molar-refractivity contribution in [1.29, 1.82) is 0 Å². The Morgan fingerprint density at radius 2 is 1.94 bits per heavy atom. The van der Waals surface area contributed by atoms with Crippen LogP contribution in [-0.2, 0) is 19.1 Å². The van der Waals surface area contributed by atoms with E-state index in [1.54, 1.807) is 16.7 Å². The molecular formula is C22H36N4O5S. The first-order chi connectivity index (χ1) is 15.5. The van der Waals surface area contributed by atoms with E-state index in [-0.39, 0.29) is 35.5 Å². The lowest BCUT2D eigenvalue weighted by Gasteiger charge is -2.34. The van der Waals surface area contributed by atoms with Crippen molar-refractivity contribution in [2.45, 2.75) is 48.6 Å². The maximum atomic E-state index is 13.6. The predicted molar refractivity (Wildman–Crippen MR) is 121 cm³/mol. The molecule has 9 nitrogen and oxygen atoms in total. The number of aliphatic hydroxyl groups is 1. The van der Waals surface area contributed by atoms with Gasteiger partial charge in [-0.15, -0.1) is 11.8 Å². The van der Waals surface area contributed by atoms with Crippen LogP contribution in [0.3, 0.4) is 0 Å². The van der Waals surface area contributed by atoms with E-state index in [9.17, 15) is 19.5 Å². The van der Waals surface area contributed by atoms with Crippen molar-refractivity contribution in [3.63, 3.8) is 0 Å². The minimum absolute atomic E-state index is 0.0387. The fourth-order valence-electron chi connectivity index (χ4n) is 5.86. The van der Waals surface area contributed by atoms with Crippen LogP contribution < -0.4 is 10.6 Å². The molecule has 1 spiro atoms. The third-order valence-corrected chi connectivity index (χ3v) is 9.24. The van der Waals surface area contributed by atoms with E-state index in [1.807, 2.05) is 6.92 Å². The molecule has 4 heterocycles. The molecule has 2 unspecified atom stereocenters. The molecule has 0 aromatic carbocycles. The number of hydrogen-bond acceptors (Lipinski definition) is 7. The number of aliphatic hydroxyl groups excluding tert-OH is 1. The number of morpholine rings is 1. The summed E-state index contributed by atoms with van der Waals surface area (Å²) in [5.41, 5.74) is 0. The summed E-state index contributed by atoms with van der Waals surface area (Å²) in [5, 5.41) is 15.5. The van der Waals surface area contributed by atoms with Gasteiger partial charge in [0.15, 0.2) is 0 Å². The minimum atomic E-state index is -0.588. The van der Waals surface area contributed by atoms with Crippen LogP contribution in [0.5, 0.6) is 0 Å². The number of fused-ring (bicyclic) bond motifs is 1. The molecule has 0 radical (unpaired) electrons. The Morgan fingerprint density at radius 3 is 2.66 bits per heavy atom. The number of ether oxygens (including phenoxy) is 1. The molecule has 4 aliphatic rings. The molecule has 4 rings (SSSR count). The van der Waals surface area contributed by atoms with Gasteiger partial charge in [0.25, 0.3) is 0 Å². The molecule has 5 atom stereocenters. The van der Waals surface area contributed by atoms with Crippen LogP contribution in [0.4, 0.5) is 0 Å². The van der Waals surface area contributed by atoms with Crippen molar-refractivity contribution in [2.75, 3.05) is 59.1 Å². The van der Waals surface area contributed by atoms with Crippen LogP contribution in [0.25, 0.3) is 0 Å². The molecule has 0 aromatic heterocycles. The number of hydrogen-bond donors (Lipinski definition) is 3. The molecule has 4 saturated heterocycles. The average molecular weight is 469 g/mol. The van der Waals surface area contributed by atoms with Gasteiger partial charge in [-0.3, -0.25) is 19.3 Å². The molecule has 4 aliphatic heterocycles. The van der Waals surface area contributed by atoms with Crippen LogP contribution in [0.1, 0.15) is 32.6 Å². The van der Waals surface area contributed by atoms with Gasteiger partial charge in [0.1, 0.15) is 6.04 Å². The smallest absolute Gasteiger partial charge is 0.244 e. The zero-order valence-corrected chi connectivity index (χ0v) is 19.7. The Labute approximate surface area is 194 Å². The van der Waals surface area contributed by atoms with Crippen molar-refractivity contribution in [3.05, 3.63) is 0 Å². The van der Waals surface area contributed by atoms with Crippen molar-refractivity contribution < 1.29 is 24.2 Å². The Balaban J connectivity index is 1.50. The summed E-state index contributed by atoms with van der Waals surface area (Å²) in [4.78, 5) is 43.9. The van der Waals surface area contributed by atoms with E-state index in [0.717, 1.165) is 38.9 Å². The predicted octanol–water partition coefficient (Wildman–Crippen LogP) is -0.565. The zero-order valence-electron chi connectivity index (χ0n) is 18.9. The Kier molecular flexibility index (Phi) is 7.64. The van der Waals surface area contributed by atoms with E-state index in [4.69, 9.17) is 4.74 Å². The summed E-state index contributed by atoms with van der Waals surface area (Å²) in [5.74, 6) is -1.12. The topological polar surface area (TPSA) is 111 Å². The molecule has 3 N–H and O–H groups in total. The summed E-state index contributed by atoms with van der Waals surface area (Å²) in [6.07, 6.45) is 2.89. The Morgan fingerprint density at radius 1 is 1.19 bits per heavy atom. The lowest BCUT2D eigenvalue weighted by molar-refractivity contribution is -0.140. The monoisotopic (exact) mass is 468 g/mol. The number of amides is 3. The fourth-order valence-corrected chi connectivity index (χ4v) is 8.08. The standard InChI is InChI=1S/C22H36N4O5S/c1-2-6-23-19(28)16-15-4-5-22(32-15)17(16)21(30)26(8-3-12-27)18(22)20(29)24-7-9-25-10-13-31-14-11-25/h15-18,27H,2-14H2,1H3,(H,23,28)(H,24,29)/t15-,16+,17-,18?,22?/m0/s1. The SMILES string of the molecule is CCCNC(=O)[C@@H]1[C@@H]2CCC3(S2)C(C(=O)NCCN2CCOCC2)N(CCCO)C(=O)[C@H]13. The Bertz CT molecular complexity index is 718. The largest absolute Gasteiger partial charge is 0.396 e. The number of likely N-dealkylation sites (tertiary alicyclic amines) is 1. The van der Waals surface area contributed by atoms with Crippen LogP contribution in [0, 0.1) is 11.8 Å². The normalized spacial score (nSPS) is 34.1. The van der Waals surface area contributed by atoms with Gasteiger partial charge in [-0.05, 0) is 25.7 Å². The van der Waals surface area contributed by atoms with Crippen LogP contribution in [0.2, 0.25) is 0 Å². The zero-order chi connectivity index (χ0) is 22.7. The van der Waals surface area contributed by atoms with Crippen LogP contribution >= 0.6 is 11.8 Å². The van der Waals surface area contributed by atoms with Gasteiger partial charge >= 0.3 is 0 Å². The third-order valence-electron chi connectivity index (χ3n) is 7.29. The minimum Gasteiger partial charge on any atom is -0.396 e. The lowest BCUT2D eigenvalue weighted by Crippen LogP contribution is -2.54. The maximum Gasteiger partial charge on any atom is 0.244 e. The molecule has 3 amide bonds. The summed E-state index contributed by atoms with van der Waals surface area (Å²) < 4.78 is 4.83. The quantitative estimate of drug-likeness (QED) is 0.394. The van der Waals surface area contributed by atoms with Crippen LogP contribution in [-0.4, -0.2) is 108 Å². The number of thioether (sulfide) groups is 1. The number of nitrogens with zero attached hydrogens (tertiary/aromatic N) is 2. The molecule has 10 heteroatoms. The fraction of sp³-hybridized carbons (Fsp3) is 0.864. The van der Waals surface area contributed by atoms with Gasteiger partial charge in [-0.1, -0.05) is 6.92 Å². The summed E-state index contributed by atoms with van der Waals surface area (Å²) >= 11 is 1.68. The highest BCUT2D eigenvalue weighted by molar-refractivity contribution is 8.02. The molecule has 180 valence electrons. The van der Waals surface area contributed by atoms with E-state index >= 15 is 0 Å². The first-order valence-electron chi connectivity index (χ1n) is 12.0. The molecule has 32 heavy (non-hydrogen) atoms. The summed E-state index contributed by atoms with van der Waals surface area (Å²) in [6, 6.07) is -0.588. The van der Waals surface area contributed by atoms with Gasteiger partial charge in [0.2, 0.25) is 17.7 Å². The molecule has 0 saturated carbocycles. The Hall–Kier alpha value is -1.36. The molecule has 2 bridgehead atoms. The first kappa shape index (κ1) is 23.8. The molecule has 4 fully saturated rings. The van der Waals surface area contributed by atoms with Gasteiger partial charge in [0.05, 0.1) is 29.8 Å². The van der Waals surface area contributed by atoms with E-state index in [1.165, 1.54) is 0 Å². The highest BCUT2D eigenvalue weighted by atomic mass is 32.2. The van der Waals surface area contributed by atoms with E-state index < -0.39 is 16.7 Å². The lowest BCUT2D eigenvalue weighted by atomic mass is 9.70. The number of rotatable bonds is 10. The van der Waals surface area contributed by atoms with Crippen molar-refractivity contribution in [3.8, 4) is 0 Å². The highest BCUT2D eigenvalue weighted by Crippen LogP contribution is 2.66. The van der Waals surface area contributed by atoms with Gasteiger partial charge in [-0.25, -0.2) is 0 Å². The van der Waals surface area contributed by atoms with Gasteiger partial charge in [-0.2, -0.15) is 0 Å². The van der Waals surface area contributed by atoms with Crippen molar-refractivity contribution >= 4 is 29.5 Å². The average Bonchev–Trinajstić information content (AvgIpc) is 3.44. The maximum absolute atomic E-state index is 13.6. The summed E-state index contributed by atoms with van der Waals surface area (Å²) in [7, 11) is 0. The first-order valence-corrected chi connectivity index (χ1v) is 12.9. The van der Waals surface area contributed by atoms with Crippen molar-refractivity contribution in [2.24, 2.45) is 11.8 Å². The van der Waals surface area contributed by atoms with Crippen LogP contribution in [0.15, 0.2) is 0 Å². The number of carbonyl (C=O) groups excluding carboxylic acids is 3. The van der Waals surface area contributed by atoms with Gasteiger partial charge < -0.3 is 25.4 Å². The van der Waals surface area contributed by atoms with Crippen molar-refractivity contribution in [1.82, 2.24) is 20.4 Å². The highest BCUT2D eigenvalue weighted by Gasteiger charge is 2.73. The second-order valence-electron chi connectivity index (χ2n) is 9.20. The number of carbonyl (C=O) groups is 3. The molecular weight excluding hydrogens is 432 g/mol. The number of nitrogens with one attached hydrogen (secondary N) is 2. The third kappa shape index (κ3) is 4.26. The van der Waals surface area contributed by atoms with E-state index in [2.05, 4.69) is 15.5 Å². The van der Waals surface area contributed by atoms with E-state index in [0.29, 0.717) is 39.3 Å². The second kappa shape index (κ2) is 10.3. The second-order valence-corrected chi connectivity index (χ2v) is 10.8. The summed E-state index contributed by atoms with van der Waals surface area (Å²) in [6.45, 7) is 7.32. The molecule has 0 aromatic rings.